The molecule has 1 N–H and O–H groups in total. The third-order valence-corrected chi connectivity index (χ3v) is 4.16. The number of rotatable bonds is 5. The molecule has 0 aliphatic heterocycles. The highest BCUT2D eigenvalue weighted by Crippen LogP contribution is 2.23. The van der Waals surface area contributed by atoms with Gasteiger partial charge in [0.25, 0.3) is 11.6 Å². The van der Waals surface area contributed by atoms with Gasteiger partial charge in [-0.25, -0.2) is 0 Å². The number of nitro benzene ring substituents is 1. The SMILES string of the molecule is CCc1ccc(CN(C)C(=O)c2n[nH]c3ccc([N+](=O)[O-])cc23)cc1. The Bertz CT molecular complexity index is 931. The average molecular weight is 338 g/mol. The van der Waals surface area contributed by atoms with Gasteiger partial charge in [-0.3, -0.25) is 20.0 Å². The van der Waals surface area contributed by atoms with Crippen LogP contribution in [0.4, 0.5) is 5.69 Å². The standard InChI is InChI=1S/C18H18N4O3/c1-3-12-4-6-13(7-5-12)11-21(2)18(23)17-15-10-14(22(24)25)8-9-16(15)19-20-17/h4-10H,3,11H2,1-2H3,(H,19,20). The highest BCUT2D eigenvalue weighted by Gasteiger charge is 2.20. The zero-order valence-electron chi connectivity index (χ0n) is 14.0. The summed E-state index contributed by atoms with van der Waals surface area (Å²) in [5, 5.41) is 18.2. The monoisotopic (exact) mass is 338 g/mol. The quantitative estimate of drug-likeness (QED) is 0.570. The zero-order chi connectivity index (χ0) is 18.0. The fourth-order valence-electron chi connectivity index (χ4n) is 2.69. The third-order valence-electron chi connectivity index (χ3n) is 4.16. The van der Waals surface area contributed by atoms with Crippen molar-refractivity contribution in [2.24, 2.45) is 0 Å². The van der Waals surface area contributed by atoms with Crippen LogP contribution < -0.4 is 0 Å². The molecule has 3 rings (SSSR count). The Morgan fingerprint density at radius 2 is 1.88 bits per heavy atom. The molecular formula is C18H18N4O3. The lowest BCUT2D eigenvalue weighted by atomic mass is 10.1. The summed E-state index contributed by atoms with van der Waals surface area (Å²) in [4.78, 5) is 24.7. The lowest BCUT2D eigenvalue weighted by Gasteiger charge is -2.16. The topological polar surface area (TPSA) is 92.1 Å². The molecule has 1 heterocycles. The van der Waals surface area contributed by atoms with Crippen LogP contribution in [-0.4, -0.2) is 33.0 Å². The summed E-state index contributed by atoms with van der Waals surface area (Å²) in [6.45, 7) is 2.53. The van der Waals surface area contributed by atoms with Crippen LogP contribution in [0.3, 0.4) is 0 Å². The number of benzene rings is 2. The van der Waals surface area contributed by atoms with Gasteiger partial charge in [0.05, 0.1) is 10.4 Å². The van der Waals surface area contributed by atoms with Gasteiger partial charge in [-0.2, -0.15) is 5.10 Å². The summed E-state index contributed by atoms with van der Waals surface area (Å²) in [6.07, 6.45) is 0.965. The van der Waals surface area contributed by atoms with Crippen LogP contribution >= 0.6 is 0 Å². The first-order valence-corrected chi connectivity index (χ1v) is 7.95. The number of nitro groups is 1. The van der Waals surface area contributed by atoms with E-state index in [0.29, 0.717) is 17.4 Å². The largest absolute Gasteiger partial charge is 0.336 e. The molecule has 0 unspecified atom stereocenters. The van der Waals surface area contributed by atoms with Crippen molar-refractivity contribution in [1.82, 2.24) is 15.1 Å². The number of carbonyl (C=O) groups is 1. The summed E-state index contributed by atoms with van der Waals surface area (Å²) in [5.74, 6) is -0.286. The van der Waals surface area contributed by atoms with Crippen LogP contribution in [0.15, 0.2) is 42.5 Å². The highest BCUT2D eigenvalue weighted by molar-refractivity contribution is 6.05. The lowest BCUT2D eigenvalue weighted by molar-refractivity contribution is -0.384. The van der Waals surface area contributed by atoms with E-state index in [1.807, 2.05) is 24.3 Å². The zero-order valence-corrected chi connectivity index (χ0v) is 14.0. The number of hydrogen-bond donors (Lipinski definition) is 1. The minimum absolute atomic E-state index is 0.0687. The van der Waals surface area contributed by atoms with E-state index in [2.05, 4.69) is 17.1 Å². The second-order valence-electron chi connectivity index (χ2n) is 5.89. The predicted octanol–water partition coefficient (Wildman–Crippen LogP) is 3.31. The Kier molecular flexibility index (Phi) is 4.47. The molecule has 0 bridgehead atoms. The van der Waals surface area contributed by atoms with E-state index in [9.17, 15) is 14.9 Å². The van der Waals surface area contributed by atoms with Crippen molar-refractivity contribution in [3.63, 3.8) is 0 Å². The van der Waals surface area contributed by atoms with Gasteiger partial charge in [0.15, 0.2) is 5.69 Å². The number of nitrogens with one attached hydrogen (secondary N) is 1. The molecule has 7 nitrogen and oxygen atoms in total. The Morgan fingerprint density at radius 3 is 2.52 bits per heavy atom. The second-order valence-corrected chi connectivity index (χ2v) is 5.89. The molecule has 1 aromatic heterocycles. The minimum atomic E-state index is -0.486. The van der Waals surface area contributed by atoms with Crippen molar-refractivity contribution in [3.8, 4) is 0 Å². The van der Waals surface area contributed by atoms with Gasteiger partial charge in [0, 0.05) is 31.1 Å². The summed E-state index contributed by atoms with van der Waals surface area (Å²) < 4.78 is 0. The molecule has 128 valence electrons. The number of non-ortho nitro benzene ring substituents is 1. The molecular weight excluding hydrogens is 320 g/mol. The fourth-order valence-corrected chi connectivity index (χ4v) is 2.69. The predicted molar refractivity (Wildman–Crippen MR) is 94.4 cm³/mol. The molecule has 0 spiro atoms. The molecule has 25 heavy (non-hydrogen) atoms. The second kappa shape index (κ2) is 6.72. The molecule has 0 fully saturated rings. The van der Waals surface area contributed by atoms with Crippen LogP contribution in [0, 0.1) is 10.1 Å². The van der Waals surface area contributed by atoms with Crippen molar-refractivity contribution >= 4 is 22.5 Å². The van der Waals surface area contributed by atoms with E-state index in [0.717, 1.165) is 12.0 Å². The normalized spacial score (nSPS) is 10.8. The van der Waals surface area contributed by atoms with Crippen LogP contribution in [0.5, 0.6) is 0 Å². The lowest BCUT2D eigenvalue weighted by Crippen LogP contribution is -2.26. The maximum Gasteiger partial charge on any atom is 0.275 e. The van der Waals surface area contributed by atoms with Crippen LogP contribution in [0.1, 0.15) is 28.5 Å². The van der Waals surface area contributed by atoms with E-state index in [-0.39, 0.29) is 17.3 Å². The molecule has 0 saturated heterocycles. The van der Waals surface area contributed by atoms with E-state index in [1.54, 1.807) is 18.0 Å². The molecule has 3 aromatic rings. The number of fused-ring (bicyclic) bond motifs is 1. The van der Waals surface area contributed by atoms with Gasteiger partial charge in [0.1, 0.15) is 0 Å². The molecule has 0 radical (unpaired) electrons. The van der Waals surface area contributed by atoms with Crippen molar-refractivity contribution in [3.05, 3.63) is 69.4 Å². The van der Waals surface area contributed by atoms with Gasteiger partial charge >= 0.3 is 0 Å². The first-order chi connectivity index (χ1) is 12.0. The summed E-state index contributed by atoms with van der Waals surface area (Å²) >= 11 is 0. The maximum atomic E-state index is 12.7. The number of nitrogens with zero attached hydrogens (tertiary/aromatic N) is 3. The van der Waals surface area contributed by atoms with Crippen LogP contribution in [0.25, 0.3) is 10.9 Å². The molecule has 7 heteroatoms. The average Bonchev–Trinajstić information content (AvgIpc) is 3.04. The third kappa shape index (κ3) is 3.35. The van der Waals surface area contributed by atoms with Gasteiger partial charge in [0.2, 0.25) is 0 Å². The smallest absolute Gasteiger partial charge is 0.275 e. The summed E-state index contributed by atoms with van der Waals surface area (Å²) in [5.41, 5.74) is 2.96. The van der Waals surface area contributed by atoms with Crippen LogP contribution in [0.2, 0.25) is 0 Å². The first-order valence-electron chi connectivity index (χ1n) is 7.95. The number of amides is 1. The number of H-pyrrole nitrogens is 1. The Hall–Kier alpha value is -3.22. The van der Waals surface area contributed by atoms with Gasteiger partial charge < -0.3 is 4.90 Å². The fraction of sp³-hybridized carbons (Fsp3) is 0.222. The molecule has 1 amide bonds. The Balaban J connectivity index is 1.85. The van der Waals surface area contributed by atoms with Gasteiger partial charge in [-0.05, 0) is 23.6 Å². The van der Waals surface area contributed by atoms with E-state index in [1.165, 1.54) is 17.7 Å². The first kappa shape index (κ1) is 16.6. The highest BCUT2D eigenvalue weighted by atomic mass is 16.6. The molecule has 0 aliphatic carbocycles. The maximum absolute atomic E-state index is 12.7. The summed E-state index contributed by atoms with van der Waals surface area (Å²) in [7, 11) is 1.69. The number of carbonyl (C=O) groups excluding carboxylic acids is 1. The van der Waals surface area contributed by atoms with Crippen molar-refractivity contribution in [1.29, 1.82) is 0 Å². The molecule has 0 saturated carbocycles. The van der Waals surface area contributed by atoms with Gasteiger partial charge in [-0.15, -0.1) is 0 Å². The number of aryl methyl sites for hydroxylation is 1. The Morgan fingerprint density at radius 1 is 1.20 bits per heavy atom. The van der Waals surface area contributed by atoms with E-state index >= 15 is 0 Å². The van der Waals surface area contributed by atoms with Crippen LogP contribution in [-0.2, 0) is 13.0 Å². The molecule has 2 aromatic carbocycles. The van der Waals surface area contributed by atoms with E-state index in [4.69, 9.17) is 0 Å². The van der Waals surface area contributed by atoms with Crippen molar-refractivity contribution in [2.45, 2.75) is 19.9 Å². The van der Waals surface area contributed by atoms with Gasteiger partial charge in [-0.1, -0.05) is 31.2 Å². The number of aromatic nitrogens is 2. The van der Waals surface area contributed by atoms with E-state index < -0.39 is 4.92 Å². The molecule has 0 atom stereocenters. The number of aromatic amines is 1. The molecule has 0 aliphatic rings. The van der Waals surface area contributed by atoms with Crippen molar-refractivity contribution in [2.75, 3.05) is 7.05 Å². The van der Waals surface area contributed by atoms with Crippen molar-refractivity contribution < 1.29 is 9.72 Å². The Labute approximate surface area is 144 Å². The minimum Gasteiger partial charge on any atom is -0.336 e. The number of hydrogen-bond acceptors (Lipinski definition) is 4. The summed E-state index contributed by atoms with van der Waals surface area (Å²) in [6, 6.07) is 12.4.